The predicted molar refractivity (Wildman–Crippen MR) is 93.4 cm³/mol. The van der Waals surface area contributed by atoms with Gasteiger partial charge in [0.1, 0.15) is 0 Å². The lowest BCUT2D eigenvalue weighted by Crippen LogP contribution is -2.43. The first kappa shape index (κ1) is 17.4. The summed E-state index contributed by atoms with van der Waals surface area (Å²) in [6.07, 6.45) is 5.97. The van der Waals surface area contributed by atoms with E-state index in [1.165, 1.54) is 4.31 Å². The van der Waals surface area contributed by atoms with Crippen LogP contribution in [0.5, 0.6) is 0 Å². The van der Waals surface area contributed by atoms with Gasteiger partial charge in [0.2, 0.25) is 10.0 Å². The average molecular weight is 350 g/mol. The van der Waals surface area contributed by atoms with Crippen molar-refractivity contribution >= 4 is 15.9 Å². The van der Waals surface area contributed by atoms with Gasteiger partial charge in [0.25, 0.3) is 5.91 Å². The zero-order chi connectivity index (χ0) is 17.2. The quantitative estimate of drug-likeness (QED) is 0.839. The number of rotatable bonds is 4. The van der Waals surface area contributed by atoms with Crippen LogP contribution in [-0.4, -0.2) is 49.2 Å². The van der Waals surface area contributed by atoms with Crippen LogP contribution in [0.25, 0.3) is 0 Å². The summed E-state index contributed by atoms with van der Waals surface area (Å²) in [4.78, 5) is 15.0. The standard InChI is InChI=1S/C18H26N2O3S/c1-2-16-9-3-4-13-20(16)18(21)15-8-7-10-17(14-15)24(22,23)19-11-5-6-12-19/h7-8,10,14,16H,2-6,9,11-13H2,1H3/t16-/m1/s1. The number of piperidine rings is 1. The van der Waals surface area contributed by atoms with Gasteiger partial charge in [-0.2, -0.15) is 4.31 Å². The van der Waals surface area contributed by atoms with E-state index in [9.17, 15) is 13.2 Å². The number of hydrogen-bond acceptors (Lipinski definition) is 3. The highest BCUT2D eigenvalue weighted by molar-refractivity contribution is 7.89. The summed E-state index contributed by atoms with van der Waals surface area (Å²) in [6, 6.07) is 6.83. The number of amides is 1. The highest BCUT2D eigenvalue weighted by Crippen LogP contribution is 2.25. The SMILES string of the molecule is CC[C@@H]1CCCCN1C(=O)c1cccc(S(=O)(=O)N2CCCC2)c1. The molecule has 0 N–H and O–H groups in total. The monoisotopic (exact) mass is 350 g/mol. The molecule has 1 aromatic rings. The van der Waals surface area contributed by atoms with Gasteiger partial charge in [-0.05, 0) is 56.7 Å². The molecule has 2 heterocycles. The molecule has 2 saturated heterocycles. The predicted octanol–water partition coefficient (Wildman–Crippen LogP) is 2.88. The first-order chi connectivity index (χ1) is 11.5. The number of likely N-dealkylation sites (tertiary alicyclic amines) is 1. The van der Waals surface area contributed by atoms with Crippen LogP contribution in [0.3, 0.4) is 0 Å². The van der Waals surface area contributed by atoms with Gasteiger partial charge in [0, 0.05) is 31.2 Å². The Morgan fingerprint density at radius 1 is 1.12 bits per heavy atom. The molecule has 1 amide bonds. The van der Waals surface area contributed by atoms with E-state index < -0.39 is 10.0 Å². The molecule has 0 bridgehead atoms. The molecule has 1 atom stereocenters. The lowest BCUT2D eigenvalue weighted by Gasteiger charge is -2.35. The molecule has 2 aliphatic heterocycles. The highest BCUT2D eigenvalue weighted by atomic mass is 32.2. The Labute approximate surface area is 144 Å². The number of carbonyl (C=O) groups excluding carboxylic acids is 1. The maximum absolute atomic E-state index is 12.9. The van der Waals surface area contributed by atoms with Crippen molar-refractivity contribution in [1.29, 1.82) is 0 Å². The zero-order valence-corrected chi connectivity index (χ0v) is 15.1. The first-order valence-corrected chi connectivity index (χ1v) is 10.4. The van der Waals surface area contributed by atoms with Crippen LogP contribution >= 0.6 is 0 Å². The molecule has 0 saturated carbocycles. The van der Waals surface area contributed by atoms with E-state index in [1.54, 1.807) is 24.3 Å². The fraction of sp³-hybridized carbons (Fsp3) is 0.611. The minimum Gasteiger partial charge on any atom is -0.336 e. The smallest absolute Gasteiger partial charge is 0.254 e. The average Bonchev–Trinajstić information content (AvgIpc) is 3.16. The number of hydrogen-bond donors (Lipinski definition) is 0. The molecular weight excluding hydrogens is 324 g/mol. The second kappa shape index (κ2) is 7.23. The molecule has 0 aromatic heterocycles. The van der Waals surface area contributed by atoms with Gasteiger partial charge in [0.15, 0.2) is 0 Å². The van der Waals surface area contributed by atoms with Crippen LogP contribution in [-0.2, 0) is 10.0 Å². The molecule has 2 fully saturated rings. The summed E-state index contributed by atoms with van der Waals surface area (Å²) in [5.41, 5.74) is 0.482. The van der Waals surface area contributed by atoms with Crippen LogP contribution in [0.4, 0.5) is 0 Å². The van der Waals surface area contributed by atoms with Crippen LogP contribution in [0.1, 0.15) is 55.8 Å². The summed E-state index contributed by atoms with van der Waals surface area (Å²) in [5.74, 6) is -0.0416. The lowest BCUT2D eigenvalue weighted by atomic mass is 9.99. The fourth-order valence-corrected chi connectivity index (χ4v) is 5.29. The Bertz CT molecular complexity index is 696. The van der Waals surface area contributed by atoms with Gasteiger partial charge in [-0.25, -0.2) is 8.42 Å². The lowest BCUT2D eigenvalue weighted by molar-refractivity contribution is 0.0608. The number of benzene rings is 1. The summed E-state index contributed by atoms with van der Waals surface area (Å²) in [6.45, 7) is 4.01. The molecule has 0 spiro atoms. The van der Waals surface area contributed by atoms with E-state index in [4.69, 9.17) is 0 Å². The largest absolute Gasteiger partial charge is 0.336 e. The zero-order valence-electron chi connectivity index (χ0n) is 14.3. The molecule has 3 rings (SSSR count). The number of nitrogens with zero attached hydrogens (tertiary/aromatic N) is 2. The minimum atomic E-state index is -3.48. The van der Waals surface area contributed by atoms with Crippen molar-refractivity contribution in [1.82, 2.24) is 9.21 Å². The van der Waals surface area contributed by atoms with E-state index in [1.807, 2.05) is 4.90 Å². The highest BCUT2D eigenvalue weighted by Gasteiger charge is 2.30. The Morgan fingerprint density at radius 3 is 2.54 bits per heavy atom. The van der Waals surface area contributed by atoms with Crippen LogP contribution in [0.2, 0.25) is 0 Å². The maximum atomic E-state index is 12.9. The molecule has 0 aliphatic carbocycles. The third-order valence-corrected chi connectivity index (χ3v) is 7.04. The summed E-state index contributed by atoms with van der Waals surface area (Å²) in [5, 5.41) is 0. The van der Waals surface area contributed by atoms with Crippen LogP contribution < -0.4 is 0 Å². The number of carbonyl (C=O) groups is 1. The second-order valence-electron chi connectivity index (χ2n) is 6.70. The molecule has 132 valence electrons. The van der Waals surface area contributed by atoms with E-state index in [-0.39, 0.29) is 16.8 Å². The summed E-state index contributed by atoms with van der Waals surface area (Å²) in [7, 11) is -3.48. The van der Waals surface area contributed by atoms with Crippen molar-refractivity contribution in [2.24, 2.45) is 0 Å². The number of sulfonamides is 1. The topological polar surface area (TPSA) is 57.7 Å². The molecule has 1 aromatic carbocycles. The van der Waals surface area contributed by atoms with Crippen molar-refractivity contribution in [3.63, 3.8) is 0 Å². The summed E-state index contributed by atoms with van der Waals surface area (Å²) >= 11 is 0. The third kappa shape index (κ3) is 3.35. The van der Waals surface area contributed by atoms with Gasteiger partial charge in [-0.1, -0.05) is 13.0 Å². The minimum absolute atomic E-state index is 0.0416. The molecule has 6 heteroatoms. The van der Waals surface area contributed by atoms with Crippen molar-refractivity contribution < 1.29 is 13.2 Å². The van der Waals surface area contributed by atoms with Crippen molar-refractivity contribution in [3.05, 3.63) is 29.8 Å². The van der Waals surface area contributed by atoms with Crippen molar-refractivity contribution in [3.8, 4) is 0 Å². The Morgan fingerprint density at radius 2 is 1.83 bits per heavy atom. The molecule has 0 radical (unpaired) electrons. The van der Waals surface area contributed by atoms with E-state index in [2.05, 4.69) is 6.92 Å². The van der Waals surface area contributed by atoms with Crippen molar-refractivity contribution in [2.45, 2.75) is 56.4 Å². The Hall–Kier alpha value is -1.40. The van der Waals surface area contributed by atoms with Gasteiger partial charge in [0.05, 0.1) is 4.90 Å². The molecule has 2 aliphatic rings. The second-order valence-corrected chi connectivity index (χ2v) is 8.63. The van der Waals surface area contributed by atoms with Crippen molar-refractivity contribution in [2.75, 3.05) is 19.6 Å². The maximum Gasteiger partial charge on any atom is 0.254 e. The first-order valence-electron chi connectivity index (χ1n) is 8.95. The van der Waals surface area contributed by atoms with Crippen LogP contribution in [0, 0.1) is 0 Å². The van der Waals surface area contributed by atoms with E-state index >= 15 is 0 Å². The van der Waals surface area contributed by atoms with Gasteiger partial charge >= 0.3 is 0 Å². The molecule has 5 nitrogen and oxygen atoms in total. The third-order valence-electron chi connectivity index (χ3n) is 5.14. The molecular formula is C18H26N2O3S. The van der Waals surface area contributed by atoms with Gasteiger partial charge in [-0.3, -0.25) is 4.79 Å². The Balaban J connectivity index is 1.86. The van der Waals surface area contributed by atoms with Crippen LogP contribution in [0.15, 0.2) is 29.2 Å². The van der Waals surface area contributed by atoms with E-state index in [0.717, 1.165) is 45.1 Å². The van der Waals surface area contributed by atoms with Gasteiger partial charge < -0.3 is 4.90 Å². The Kier molecular flexibility index (Phi) is 5.25. The molecule has 24 heavy (non-hydrogen) atoms. The fourth-order valence-electron chi connectivity index (χ4n) is 3.73. The normalized spacial score (nSPS) is 22.7. The summed E-state index contributed by atoms with van der Waals surface area (Å²) < 4.78 is 26.9. The van der Waals surface area contributed by atoms with E-state index in [0.29, 0.717) is 18.7 Å². The van der Waals surface area contributed by atoms with Gasteiger partial charge in [-0.15, -0.1) is 0 Å². The molecule has 0 unspecified atom stereocenters.